The fourth-order valence-electron chi connectivity index (χ4n) is 0.0432. The first-order valence-corrected chi connectivity index (χ1v) is 2.74. The van der Waals surface area contributed by atoms with Gasteiger partial charge in [-0.1, -0.05) is 9.46 Å². The van der Waals surface area contributed by atoms with Crippen LogP contribution in [0.3, 0.4) is 0 Å². The van der Waals surface area contributed by atoms with E-state index in [-0.39, 0.29) is 29.6 Å². The van der Waals surface area contributed by atoms with E-state index in [4.69, 9.17) is 0 Å². The van der Waals surface area contributed by atoms with Crippen LogP contribution in [-0.2, 0) is 18.5 Å². The molecule has 47 valence electrons. The van der Waals surface area contributed by atoms with E-state index in [1.54, 1.807) is 0 Å². The molecule has 0 aromatic heterocycles. The van der Waals surface area contributed by atoms with Crippen LogP contribution in [0.1, 0.15) is 0 Å². The SMILES string of the molecule is [B]OP(=O)(OF)OF.[Na]. The van der Waals surface area contributed by atoms with Gasteiger partial charge in [0.15, 0.2) is 0 Å². The number of rotatable bonds is 3. The zero-order valence-electron chi connectivity index (χ0n) is 4.41. The van der Waals surface area contributed by atoms with Gasteiger partial charge in [-0.25, -0.2) is 4.57 Å². The first-order chi connectivity index (χ1) is 3.68. The van der Waals surface area contributed by atoms with Crippen LogP contribution < -0.4 is 0 Å². The minimum Gasteiger partial charge on any atom is -0.359 e. The Morgan fingerprint density at radius 3 is 1.67 bits per heavy atom. The molecule has 0 rings (SSSR count). The Kier molecular flexibility index (Phi) is 8.17. The first kappa shape index (κ1) is 12.7. The third kappa shape index (κ3) is 4.44. The molecule has 9 heteroatoms. The Morgan fingerprint density at radius 2 is 1.67 bits per heavy atom. The second-order valence-electron chi connectivity index (χ2n) is 0.691. The Labute approximate surface area is 73.0 Å². The van der Waals surface area contributed by atoms with Gasteiger partial charge in [0, 0.05) is 29.6 Å². The predicted molar refractivity (Wildman–Crippen MR) is 24.6 cm³/mol. The van der Waals surface area contributed by atoms with E-state index in [2.05, 4.69) is 21.9 Å². The monoisotopic (exact) mass is 167 g/mol. The molecule has 0 aliphatic heterocycles. The minimum atomic E-state index is -4.72. The second-order valence-corrected chi connectivity index (χ2v) is 2.07. The van der Waals surface area contributed by atoms with Crippen molar-refractivity contribution in [1.29, 1.82) is 0 Å². The zero-order valence-corrected chi connectivity index (χ0v) is 7.31. The van der Waals surface area contributed by atoms with Crippen LogP contribution in [0.5, 0.6) is 0 Å². The van der Waals surface area contributed by atoms with Crippen molar-refractivity contribution in [1.82, 2.24) is 0 Å². The summed E-state index contributed by atoms with van der Waals surface area (Å²) in [5, 5.41) is 0. The summed E-state index contributed by atoms with van der Waals surface area (Å²) < 4.78 is 39.0. The fourth-order valence-corrected chi connectivity index (χ4v) is 0.130. The summed E-state index contributed by atoms with van der Waals surface area (Å²) in [5.74, 6) is 0. The van der Waals surface area contributed by atoms with Gasteiger partial charge in [0.05, 0.1) is 0 Å². The van der Waals surface area contributed by atoms with Crippen LogP contribution >= 0.6 is 7.82 Å². The third-order valence-corrected chi connectivity index (χ3v) is 0.894. The quantitative estimate of drug-likeness (QED) is 0.456. The molecule has 9 heavy (non-hydrogen) atoms. The average molecular weight is 167 g/mol. The number of hydrogen-bond acceptors (Lipinski definition) is 4. The van der Waals surface area contributed by atoms with Gasteiger partial charge >= 0.3 is 7.82 Å². The van der Waals surface area contributed by atoms with E-state index >= 15 is 0 Å². The van der Waals surface area contributed by atoms with Crippen molar-refractivity contribution in [3.05, 3.63) is 0 Å². The molecule has 0 aliphatic carbocycles. The zero-order chi connectivity index (χ0) is 6.62. The smallest absolute Gasteiger partial charge is 0.359 e. The summed E-state index contributed by atoms with van der Waals surface area (Å²) in [7, 11) is -0.683. The van der Waals surface area contributed by atoms with Gasteiger partial charge < -0.3 is 4.44 Å². The molecule has 0 aliphatic rings. The predicted octanol–water partition coefficient (Wildman–Crippen LogP) is 0.616. The number of hydrogen-bond donors (Lipinski definition) is 0. The van der Waals surface area contributed by atoms with Crippen LogP contribution in [0, 0.1) is 0 Å². The van der Waals surface area contributed by atoms with Crippen LogP contribution in [-0.4, -0.2) is 37.6 Å². The molecule has 0 saturated heterocycles. The Balaban J connectivity index is 0. The van der Waals surface area contributed by atoms with E-state index in [1.807, 2.05) is 0 Å². The summed E-state index contributed by atoms with van der Waals surface area (Å²) in [4.78, 5) is 0. The van der Waals surface area contributed by atoms with Crippen molar-refractivity contribution in [2.45, 2.75) is 0 Å². The summed E-state index contributed by atoms with van der Waals surface area (Å²) in [5.41, 5.74) is 0. The van der Waals surface area contributed by atoms with Gasteiger partial charge in [-0.05, 0) is 9.05 Å². The summed E-state index contributed by atoms with van der Waals surface area (Å²) in [6, 6.07) is 0. The molecule has 4 nitrogen and oxygen atoms in total. The molecule has 0 aromatic carbocycles. The van der Waals surface area contributed by atoms with Gasteiger partial charge in [0.25, 0.3) is 8.05 Å². The number of phosphoric acid groups is 1. The molecule has 0 saturated carbocycles. The van der Waals surface area contributed by atoms with Gasteiger partial charge in [0.1, 0.15) is 0 Å². The van der Waals surface area contributed by atoms with E-state index in [0.29, 0.717) is 0 Å². The van der Waals surface area contributed by atoms with Crippen molar-refractivity contribution >= 4 is 45.4 Å². The van der Waals surface area contributed by atoms with Crippen molar-refractivity contribution in [3.63, 3.8) is 0 Å². The maximum atomic E-state index is 10.7. The molecule has 0 heterocycles. The molecule has 0 N–H and O–H groups in total. The molecule has 0 unspecified atom stereocenters. The molecular weight excluding hydrogens is 167 g/mol. The first-order valence-electron chi connectivity index (χ1n) is 1.27. The minimum absolute atomic E-state index is 0. The normalized spacial score (nSPS) is 10.4. The van der Waals surface area contributed by atoms with Crippen molar-refractivity contribution in [2.75, 3.05) is 0 Å². The van der Waals surface area contributed by atoms with Crippen molar-refractivity contribution in [3.8, 4) is 0 Å². The molecule has 0 atom stereocenters. The van der Waals surface area contributed by atoms with Gasteiger partial charge in [-0.3, -0.25) is 0 Å². The van der Waals surface area contributed by atoms with E-state index in [9.17, 15) is 13.6 Å². The van der Waals surface area contributed by atoms with Crippen molar-refractivity contribution in [2.24, 2.45) is 0 Å². The molecule has 3 radical (unpaired) electrons. The summed E-state index contributed by atoms with van der Waals surface area (Å²) in [6.45, 7) is 0. The Hall–Kier alpha value is 1.03. The van der Waals surface area contributed by atoms with Crippen LogP contribution in [0.2, 0.25) is 0 Å². The van der Waals surface area contributed by atoms with Crippen molar-refractivity contribution < 1.29 is 27.5 Å². The van der Waals surface area contributed by atoms with E-state index < -0.39 is 7.82 Å². The standard InChI is InChI=1S/BF2O4P.Na/c1-5-8(4,6-2)7-3;. The Bertz CT molecular complexity index is 89.7. The third-order valence-electron chi connectivity index (χ3n) is 0.298. The van der Waals surface area contributed by atoms with Crippen LogP contribution in [0.15, 0.2) is 0 Å². The molecule has 0 bridgehead atoms. The Morgan fingerprint density at radius 1 is 1.33 bits per heavy atom. The summed E-state index contributed by atoms with van der Waals surface area (Å²) >= 11 is 0. The van der Waals surface area contributed by atoms with Gasteiger partial charge in [0.2, 0.25) is 0 Å². The number of halogens is 2. The molecule has 0 amide bonds. The van der Waals surface area contributed by atoms with Crippen LogP contribution in [0.4, 0.5) is 9.05 Å². The maximum Gasteiger partial charge on any atom is 0.521 e. The maximum absolute atomic E-state index is 10.7. The van der Waals surface area contributed by atoms with Gasteiger partial charge in [-0.2, -0.15) is 0 Å². The van der Waals surface area contributed by atoms with Gasteiger partial charge in [-0.15, -0.1) is 0 Å². The largest absolute Gasteiger partial charge is 0.521 e. The molecular formula is BF2NaO4P. The van der Waals surface area contributed by atoms with E-state index in [1.165, 1.54) is 0 Å². The van der Waals surface area contributed by atoms with E-state index in [0.717, 1.165) is 0 Å². The van der Waals surface area contributed by atoms with Crippen LogP contribution in [0.25, 0.3) is 0 Å². The topological polar surface area (TPSA) is 44.8 Å². The molecule has 0 spiro atoms. The second kappa shape index (κ2) is 5.79. The average Bonchev–Trinajstić information content (AvgIpc) is 1.87. The summed E-state index contributed by atoms with van der Waals surface area (Å²) in [6.07, 6.45) is 0. The fraction of sp³-hybridized carbons (Fsp3) is 0. The molecule has 0 fully saturated rings. The molecule has 0 aromatic rings.